The van der Waals surface area contributed by atoms with Crippen molar-refractivity contribution in [3.8, 4) is 11.1 Å². The molecule has 2 amide bonds. The van der Waals surface area contributed by atoms with Gasteiger partial charge < -0.3 is 19.2 Å². The minimum Gasteiger partial charge on any atom is -0.480 e. The Morgan fingerprint density at radius 2 is 1.57 bits per heavy atom. The van der Waals surface area contributed by atoms with Crippen LogP contribution >= 0.6 is 0 Å². The number of benzene rings is 2. The normalized spacial score (nSPS) is 19.7. The summed E-state index contributed by atoms with van der Waals surface area (Å²) in [6.45, 7) is 14.9. The Morgan fingerprint density at radius 1 is 1.02 bits per heavy atom. The first-order valence-electron chi connectivity index (χ1n) is 14.9. The molecule has 1 aliphatic heterocycles. The van der Waals surface area contributed by atoms with Gasteiger partial charge in [-0.15, -0.1) is 0 Å². The Kier molecular flexibility index (Phi) is 9.23. The third kappa shape index (κ3) is 6.27. The highest BCUT2D eigenvalue weighted by molar-refractivity contribution is 6.74. The van der Waals surface area contributed by atoms with Crippen LogP contribution in [0.15, 0.2) is 48.5 Å². The van der Waals surface area contributed by atoms with Gasteiger partial charge in [0, 0.05) is 32.0 Å². The molecule has 228 valence electrons. The van der Waals surface area contributed by atoms with E-state index in [0.717, 1.165) is 22.3 Å². The monoisotopic (exact) mass is 594 g/mol. The highest BCUT2D eigenvalue weighted by atomic mass is 28.4. The number of piperidine rings is 1. The van der Waals surface area contributed by atoms with Gasteiger partial charge in [0.25, 0.3) is 0 Å². The van der Waals surface area contributed by atoms with E-state index in [1.807, 2.05) is 38.1 Å². The lowest BCUT2D eigenvalue weighted by molar-refractivity contribution is -0.157. The first kappa shape index (κ1) is 31.8. The van der Waals surface area contributed by atoms with Gasteiger partial charge >= 0.3 is 12.1 Å². The third-order valence-electron chi connectivity index (χ3n) is 9.32. The van der Waals surface area contributed by atoms with E-state index in [-0.39, 0.29) is 48.5 Å². The van der Waals surface area contributed by atoms with E-state index in [0.29, 0.717) is 6.42 Å². The summed E-state index contributed by atoms with van der Waals surface area (Å²) in [5.41, 5.74) is 4.49. The standard InChI is InChI=1S/C33H46N2O6Si/c1-21(2)29(30(36)35-18-17-22(19-28(35)31(37)38)41-42(7,8)33(3,4)5)34(6)32(39)40-20-27-25-15-11-9-13-23(25)24-14-10-12-16-26(24)27/h9-16,21-22,27-29H,17-20H2,1-8H3,(H,37,38)/t22-,28+,29-/m0/s1. The molecule has 2 aliphatic rings. The molecule has 1 heterocycles. The molecule has 4 rings (SSSR count). The van der Waals surface area contributed by atoms with Crippen LogP contribution in [0.1, 0.15) is 64.5 Å². The second kappa shape index (κ2) is 12.2. The van der Waals surface area contributed by atoms with Gasteiger partial charge in [-0.25, -0.2) is 9.59 Å². The zero-order valence-corrected chi connectivity index (χ0v) is 27.2. The molecule has 9 heteroatoms. The molecule has 0 spiro atoms. The number of nitrogens with zero attached hydrogens (tertiary/aromatic N) is 2. The van der Waals surface area contributed by atoms with Crippen molar-refractivity contribution in [2.24, 2.45) is 5.92 Å². The molecule has 0 saturated carbocycles. The summed E-state index contributed by atoms with van der Waals surface area (Å²) in [6, 6.07) is 14.4. The maximum absolute atomic E-state index is 13.9. The predicted octanol–water partition coefficient (Wildman–Crippen LogP) is 6.36. The lowest BCUT2D eigenvalue weighted by Crippen LogP contribution is -2.60. The number of hydrogen-bond donors (Lipinski definition) is 1. The van der Waals surface area contributed by atoms with Gasteiger partial charge in [0.2, 0.25) is 5.91 Å². The molecule has 0 unspecified atom stereocenters. The number of ether oxygens (including phenoxy) is 1. The quantitative estimate of drug-likeness (QED) is 0.358. The minimum atomic E-state index is -2.11. The first-order chi connectivity index (χ1) is 19.6. The van der Waals surface area contributed by atoms with Gasteiger partial charge in [-0.2, -0.15) is 0 Å². The average Bonchev–Trinajstić information content (AvgIpc) is 3.24. The molecule has 0 aromatic heterocycles. The summed E-state index contributed by atoms with van der Waals surface area (Å²) in [5, 5.41) is 10.1. The maximum Gasteiger partial charge on any atom is 0.410 e. The van der Waals surface area contributed by atoms with Crippen LogP contribution in [0, 0.1) is 5.92 Å². The molecule has 0 radical (unpaired) electrons. The summed E-state index contributed by atoms with van der Waals surface area (Å²) in [5.74, 6) is -1.78. The summed E-state index contributed by atoms with van der Waals surface area (Å²) in [4.78, 5) is 42.4. The zero-order chi connectivity index (χ0) is 31.0. The number of likely N-dealkylation sites (N-methyl/N-ethyl adjacent to an activating group) is 1. The lowest BCUT2D eigenvalue weighted by atomic mass is 9.95. The number of carboxylic acid groups (broad SMARTS) is 1. The molecule has 0 bridgehead atoms. The summed E-state index contributed by atoms with van der Waals surface area (Å²) >= 11 is 0. The maximum atomic E-state index is 13.9. The Hall–Kier alpha value is -3.17. The van der Waals surface area contributed by atoms with E-state index in [9.17, 15) is 19.5 Å². The number of hydrogen-bond acceptors (Lipinski definition) is 5. The van der Waals surface area contributed by atoms with Crippen molar-refractivity contribution in [3.63, 3.8) is 0 Å². The lowest BCUT2D eigenvalue weighted by Gasteiger charge is -2.45. The van der Waals surface area contributed by atoms with Crippen LogP contribution in [0.2, 0.25) is 18.1 Å². The smallest absolute Gasteiger partial charge is 0.410 e. The van der Waals surface area contributed by atoms with Crippen molar-refractivity contribution >= 4 is 26.3 Å². The van der Waals surface area contributed by atoms with E-state index in [1.165, 1.54) is 9.80 Å². The molecule has 1 fully saturated rings. The van der Waals surface area contributed by atoms with Crippen LogP contribution in [0.3, 0.4) is 0 Å². The number of aliphatic carboxylic acids is 1. The number of carbonyl (C=O) groups is 3. The average molecular weight is 595 g/mol. The minimum absolute atomic E-state index is 0.00680. The Labute approximate surface area is 251 Å². The van der Waals surface area contributed by atoms with Crippen LogP contribution in [0.5, 0.6) is 0 Å². The molecule has 1 saturated heterocycles. The first-order valence-corrected chi connectivity index (χ1v) is 17.8. The van der Waals surface area contributed by atoms with Crippen molar-refractivity contribution in [2.75, 3.05) is 20.2 Å². The molecule has 2 aromatic rings. The number of likely N-dealkylation sites (tertiary alicyclic amines) is 1. The van der Waals surface area contributed by atoms with Gasteiger partial charge in [-0.1, -0.05) is 83.1 Å². The largest absolute Gasteiger partial charge is 0.480 e. The highest BCUT2D eigenvalue weighted by Gasteiger charge is 2.45. The predicted molar refractivity (Wildman–Crippen MR) is 166 cm³/mol. The van der Waals surface area contributed by atoms with E-state index in [4.69, 9.17) is 9.16 Å². The van der Waals surface area contributed by atoms with E-state index >= 15 is 0 Å². The van der Waals surface area contributed by atoms with Crippen molar-refractivity contribution in [3.05, 3.63) is 59.7 Å². The van der Waals surface area contributed by atoms with E-state index < -0.39 is 32.5 Å². The van der Waals surface area contributed by atoms with Crippen molar-refractivity contribution in [1.82, 2.24) is 9.80 Å². The number of carboxylic acids is 1. The second-order valence-electron chi connectivity index (χ2n) is 13.5. The second-order valence-corrected chi connectivity index (χ2v) is 18.3. The van der Waals surface area contributed by atoms with Gasteiger partial charge in [-0.3, -0.25) is 9.69 Å². The molecule has 42 heavy (non-hydrogen) atoms. The van der Waals surface area contributed by atoms with Crippen LogP contribution in [0.4, 0.5) is 4.79 Å². The van der Waals surface area contributed by atoms with Crippen molar-refractivity contribution < 1.29 is 28.7 Å². The highest BCUT2D eigenvalue weighted by Crippen LogP contribution is 2.44. The van der Waals surface area contributed by atoms with Gasteiger partial charge in [0.15, 0.2) is 8.32 Å². The fraction of sp³-hybridized carbons (Fsp3) is 0.545. The van der Waals surface area contributed by atoms with Crippen LogP contribution < -0.4 is 0 Å². The van der Waals surface area contributed by atoms with E-state index in [1.54, 1.807) is 7.05 Å². The molecule has 1 N–H and O–H groups in total. The van der Waals surface area contributed by atoms with Crippen molar-refractivity contribution in [1.29, 1.82) is 0 Å². The Morgan fingerprint density at radius 3 is 2.07 bits per heavy atom. The topological polar surface area (TPSA) is 96.4 Å². The van der Waals surface area contributed by atoms with Gasteiger partial charge in [-0.05, 0) is 52.7 Å². The Bertz CT molecular complexity index is 1270. The van der Waals surface area contributed by atoms with Crippen LogP contribution in [0.25, 0.3) is 11.1 Å². The molecule has 8 nitrogen and oxygen atoms in total. The van der Waals surface area contributed by atoms with Gasteiger partial charge in [0.05, 0.1) is 0 Å². The fourth-order valence-electron chi connectivity index (χ4n) is 6.01. The molecule has 2 aromatic carbocycles. The molecule has 1 aliphatic carbocycles. The number of rotatable bonds is 8. The molecular formula is C33H46N2O6Si. The number of amides is 2. The SMILES string of the molecule is CC(C)[C@@H](C(=O)N1CC[C@H](O[Si](C)(C)C(C)(C)C)C[C@@H]1C(=O)O)N(C)C(=O)OCC1c2ccccc2-c2ccccc21. The van der Waals surface area contributed by atoms with Gasteiger partial charge in [0.1, 0.15) is 18.7 Å². The van der Waals surface area contributed by atoms with Crippen LogP contribution in [-0.4, -0.2) is 79.6 Å². The van der Waals surface area contributed by atoms with Crippen molar-refractivity contribution in [2.45, 2.75) is 89.7 Å². The summed E-state index contributed by atoms with van der Waals surface area (Å²) in [6.07, 6.45) is -0.0468. The zero-order valence-electron chi connectivity index (χ0n) is 26.2. The van der Waals surface area contributed by atoms with E-state index in [2.05, 4.69) is 58.1 Å². The fourth-order valence-corrected chi connectivity index (χ4v) is 7.41. The number of carbonyl (C=O) groups excluding carboxylic acids is 2. The number of fused-ring (bicyclic) bond motifs is 3. The molecule has 3 atom stereocenters. The molecular weight excluding hydrogens is 548 g/mol. The summed E-state index contributed by atoms with van der Waals surface area (Å²) < 4.78 is 12.4. The third-order valence-corrected chi connectivity index (χ3v) is 13.9. The summed E-state index contributed by atoms with van der Waals surface area (Å²) in [7, 11) is -0.549. The van der Waals surface area contributed by atoms with Crippen LogP contribution in [-0.2, 0) is 18.8 Å². The Balaban J connectivity index is 1.46.